The highest BCUT2D eigenvalue weighted by Gasteiger charge is 2.14. The molecule has 0 aliphatic rings. The van der Waals surface area contributed by atoms with E-state index in [1.807, 2.05) is 36.5 Å². The highest BCUT2D eigenvalue weighted by atomic mass is 16.5. The second-order valence-corrected chi connectivity index (χ2v) is 7.49. The highest BCUT2D eigenvalue weighted by Crippen LogP contribution is 2.21. The lowest BCUT2D eigenvalue weighted by Crippen LogP contribution is -2.12. The number of hydrogen-bond donors (Lipinski definition) is 1. The summed E-state index contributed by atoms with van der Waals surface area (Å²) in [5.74, 6) is 1.65. The van der Waals surface area contributed by atoms with E-state index in [9.17, 15) is 4.79 Å². The Kier molecular flexibility index (Phi) is 6.51. The molecule has 0 fully saturated rings. The summed E-state index contributed by atoms with van der Waals surface area (Å²) in [6, 6.07) is 21.2. The molecule has 2 heterocycles. The predicted octanol–water partition coefficient (Wildman–Crippen LogP) is 5.39. The van der Waals surface area contributed by atoms with Crippen molar-refractivity contribution in [3.63, 3.8) is 0 Å². The van der Waals surface area contributed by atoms with E-state index in [-0.39, 0.29) is 18.3 Å². The quantitative estimate of drug-likeness (QED) is 0.364. The van der Waals surface area contributed by atoms with Gasteiger partial charge in [-0.05, 0) is 42.7 Å². The Labute approximate surface area is 187 Å². The summed E-state index contributed by atoms with van der Waals surface area (Å²) in [4.78, 5) is 12.5. The summed E-state index contributed by atoms with van der Waals surface area (Å²) in [6.07, 6.45) is 4.38. The number of nitrogens with zero attached hydrogens (tertiary/aromatic N) is 2. The van der Waals surface area contributed by atoms with Gasteiger partial charge in [0.25, 0.3) is 5.91 Å². The normalized spacial score (nSPS) is 10.7. The van der Waals surface area contributed by atoms with Crippen molar-refractivity contribution < 1.29 is 13.9 Å². The molecule has 0 unspecified atom stereocenters. The number of hydrogen-bond acceptors (Lipinski definition) is 4. The highest BCUT2D eigenvalue weighted by molar-refractivity contribution is 6.01. The standard InChI is InChI=1S/C26H25N3O3/c1-3-6-21-7-4-5-8-23(21)31-18-22-13-14-24(32-22)26(30)27-25-15-16-29(28-25)17-20-11-9-19(2)10-12-20/h3-5,7-16H,1,6,17-18H2,2H3,(H,27,28,30). The molecule has 4 aromatic rings. The molecule has 0 saturated carbocycles. The van der Waals surface area contributed by atoms with E-state index in [1.165, 1.54) is 5.56 Å². The maximum Gasteiger partial charge on any atom is 0.292 e. The van der Waals surface area contributed by atoms with Gasteiger partial charge in [-0.3, -0.25) is 9.48 Å². The number of anilines is 1. The van der Waals surface area contributed by atoms with Crippen molar-refractivity contribution >= 4 is 11.7 Å². The van der Waals surface area contributed by atoms with Crippen LogP contribution in [0.15, 0.2) is 90.0 Å². The molecule has 0 radical (unpaired) electrons. The van der Waals surface area contributed by atoms with Gasteiger partial charge in [0, 0.05) is 12.3 Å². The van der Waals surface area contributed by atoms with Crippen molar-refractivity contribution in [3.8, 4) is 5.75 Å². The maximum absolute atomic E-state index is 12.5. The number of para-hydroxylation sites is 1. The number of ether oxygens (including phenoxy) is 1. The fraction of sp³-hybridized carbons (Fsp3) is 0.154. The number of furan rings is 1. The number of aryl methyl sites for hydroxylation is 1. The molecule has 1 amide bonds. The molecule has 2 aromatic carbocycles. The molecule has 0 aliphatic heterocycles. The lowest BCUT2D eigenvalue weighted by Gasteiger charge is -2.08. The Morgan fingerprint density at radius 3 is 2.75 bits per heavy atom. The third-order valence-electron chi connectivity index (χ3n) is 4.94. The second-order valence-electron chi connectivity index (χ2n) is 7.49. The fourth-order valence-corrected chi connectivity index (χ4v) is 3.27. The number of allylic oxidation sites excluding steroid dienone is 1. The summed E-state index contributed by atoms with van der Waals surface area (Å²) in [7, 11) is 0. The molecule has 6 nitrogen and oxygen atoms in total. The van der Waals surface area contributed by atoms with Crippen LogP contribution < -0.4 is 10.1 Å². The first-order valence-electron chi connectivity index (χ1n) is 10.4. The van der Waals surface area contributed by atoms with E-state index >= 15 is 0 Å². The molecule has 0 saturated heterocycles. The molecule has 0 bridgehead atoms. The molecule has 2 aromatic heterocycles. The van der Waals surface area contributed by atoms with E-state index in [0.717, 1.165) is 23.3 Å². The molecule has 162 valence electrons. The zero-order valence-corrected chi connectivity index (χ0v) is 18.0. The van der Waals surface area contributed by atoms with Gasteiger partial charge in [-0.2, -0.15) is 5.10 Å². The lowest BCUT2D eigenvalue weighted by molar-refractivity contribution is 0.0992. The van der Waals surface area contributed by atoms with Gasteiger partial charge in [0.1, 0.15) is 18.1 Å². The second kappa shape index (κ2) is 9.83. The Morgan fingerprint density at radius 1 is 1.12 bits per heavy atom. The van der Waals surface area contributed by atoms with Crippen molar-refractivity contribution in [2.45, 2.75) is 26.5 Å². The first-order chi connectivity index (χ1) is 15.6. The third-order valence-corrected chi connectivity index (χ3v) is 4.94. The molecule has 0 aliphatic carbocycles. The van der Waals surface area contributed by atoms with Crippen LogP contribution in [0, 0.1) is 6.92 Å². The van der Waals surface area contributed by atoms with E-state index in [0.29, 0.717) is 18.1 Å². The summed E-state index contributed by atoms with van der Waals surface area (Å²) >= 11 is 0. The monoisotopic (exact) mass is 427 g/mol. The van der Waals surface area contributed by atoms with Crippen LogP contribution in [0.5, 0.6) is 5.75 Å². The Morgan fingerprint density at radius 2 is 1.94 bits per heavy atom. The van der Waals surface area contributed by atoms with Crippen LogP contribution >= 0.6 is 0 Å². The molecule has 1 N–H and O–H groups in total. The number of carbonyl (C=O) groups is 1. The van der Waals surface area contributed by atoms with E-state index < -0.39 is 0 Å². The topological polar surface area (TPSA) is 69.3 Å². The van der Waals surface area contributed by atoms with Gasteiger partial charge in [-0.15, -0.1) is 6.58 Å². The Balaban J connectivity index is 1.33. The van der Waals surface area contributed by atoms with E-state index in [4.69, 9.17) is 9.15 Å². The first kappa shape index (κ1) is 21.2. The molecule has 6 heteroatoms. The van der Waals surface area contributed by atoms with Gasteiger partial charge in [0.15, 0.2) is 11.6 Å². The summed E-state index contributed by atoms with van der Waals surface area (Å²) in [6.45, 7) is 6.69. The van der Waals surface area contributed by atoms with Crippen molar-refractivity contribution in [3.05, 3.63) is 114 Å². The summed E-state index contributed by atoms with van der Waals surface area (Å²) < 4.78 is 13.3. The number of amides is 1. The minimum Gasteiger partial charge on any atom is -0.485 e. The minimum absolute atomic E-state index is 0.205. The number of nitrogens with one attached hydrogen (secondary N) is 1. The molecular weight excluding hydrogens is 402 g/mol. The van der Waals surface area contributed by atoms with Gasteiger partial charge < -0.3 is 14.5 Å². The van der Waals surface area contributed by atoms with Gasteiger partial charge >= 0.3 is 0 Å². The lowest BCUT2D eigenvalue weighted by atomic mass is 10.1. The number of benzene rings is 2. The number of aromatic nitrogens is 2. The van der Waals surface area contributed by atoms with Gasteiger partial charge in [-0.1, -0.05) is 54.1 Å². The molecular formula is C26H25N3O3. The van der Waals surface area contributed by atoms with Crippen molar-refractivity contribution in [1.29, 1.82) is 0 Å². The summed E-state index contributed by atoms with van der Waals surface area (Å²) in [5, 5.41) is 7.18. The molecule has 32 heavy (non-hydrogen) atoms. The van der Waals surface area contributed by atoms with Crippen LogP contribution in [0.3, 0.4) is 0 Å². The van der Waals surface area contributed by atoms with Gasteiger partial charge in [0.05, 0.1) is 6.54 Å². The van der Waals surface area contributed by atoms with Crippen molar-refractivity contribution in [2.24, 2.45) is 0 Å². The maximum atomic E-state index is 12.5. The zero-order valence-electron chi connectivity index (χ0n) is 18.0. The van der Waals surface area contributed by atoms with Crippen LogP contribution in [0.25, 0.3) is 0 Å². The van der Waals surface area contributed by atoms with Gasteiger partial charge in [0.2, 0.25) is 0 Å². The smallest absolute Gasteiger partial charge is 0.292 e. The first-order valence-corrected chi connectivity index (χ1v) is 10.4. The minimum atomic E-state index is -0.358. The Bertz CT molecular complexity index is 1210. The average Bonchev–Trinajstić information content (AvgIpc) is 3.45. The van der Waals surface area contributed by atoms with E-state index in [2.05, 4.69) is 48.2 Å². The SMILES string of the molecule is C=CCc1ccccc1OCc1ccc(C(=O)Nc2ccn(Cc3ccc(C)cc3)n2)o1. The van der Waals surface area contributed by atoms with Crippen LogP contribution in [-0.2, 0) is 19.6 Å². The van der Waals surface area contributed by atoms with Crippen LogP contribution in [-0.4, -0.2) is 15.7 Å². The van der Waals surface area contributed by atoms with Crippen LogP contribution in [0.2, 0.25) is 0 Å². The predicted molar refractivity (Wildman–Crippen MR) is 124 cm³/mol. The molecule has 0 spiro atoms. The number of rotatable bonds is 9. The zero-order chi connectivity index (χ0) is 22.3. The fourth-order valence-electron chi connectivity index (χ4n) is 3.27. The van der Waals surface area contributed by atoms with Gasteiger partial charge in [-0.25, -0.2) is 0 Å². The average molecular weight is 428 g/mol. The largest absolute Gasteiger partial charge is 0.485 e. The molecule has 4 rings (SSSR count). The van der Waals surface area contributed by atoms with Crippen LogP contribution in [0.1, 0.15) is 33.0 Å². The van der Waals surface area contributed by atoms with E-state index in [1.54, 1.807) is 22.9 Å². The van der Waals surface area contributed by atoms with Crippen LogP contribution in [0.4, 0.5) is 5.82 Å². The van der Waals surface area contributed by atoms with Crippen molar-refractivity contribution in [2.75, 3.05) is 5.32 Å². The third kappa shape index (κ3) is 5.35. The summed E-state index contributed by atoms with van der Waals surface area (Å²) in [5.41, 5.74) is 3.40. The van der Waals surface area contributed by atoms with Crippen molar-refractivity contribution in [1.82, 2.24) is 9.78 Å². The number of carbonyl (C=O) groups excluding carboxylic acids is 1. The Hall–Kier alpha value is -4.06. The molecule has 0 atom stereocenters.